The first kappa shape index (κ1) is 19.1. The van der Waals surface area contributed by atoms with E-state index in [-0.39, 0.29) is 22.9 Å². The van der Waals surface area contributed by atoms with Crippen LogP contribution in [0.15, 0.2) is 40.6 Å². The number of thiophene rings is 1. The molecular weight excluding hydrogens is 405 g/mol. The van der Waals surface area contributed by atoms with Crippen LogP contribution in [0.3, 0.4) is 0 Å². The lowest BCUT2D eigenvalue weighted by molar-refractivity contribution is -0.144. The normalized spacial score (nSPS) is 20.9. The molecule has 2 unspecified atom stereocenters. The molecule has 6 nitrogen and oxygen atoms in total. The Morgan fingerprint density at radius 1 is 1.31 bits per heavy atom. The molecule has 2 aromatic rings. The largest absolute Gasteiger partial charge is 0.486 e. The zero-order valence-electron chi connectivity index (χ0n) is 13.6. The van der Waals surface area contributed by atoms with Gasteiger partial charge in [0, 0.05) is 6.42 Å². The molecule has 0 bridgehead atoms. The van der Waals surface area contributed by atoms with E-state index in [2.05, 4.69) is 0 Å². The van der Waals surface area contributed by atoms with E-state index < -0.39 is 34.0 Å². The lowest BCUT2D eigenvalue weighted by Crippen LogP contribution is -2.40. The van der Waals surface area contributed by atoms with Gasteiger partial charge in [-0.1, -0.05) is 23.7 Å². The van der Waals surface area contributed by atoms with Crippen molar-refractivity contribution in [3.63, 3.8) is 0 Å². The fourth-order valence-electron chi connectivity index (χ4n) is 2.74. The highest BCUT2D eigenvalue weighted by molar-refractivity contribution is 7.91. The number of methoxy groups -OCH3 is 1. The highest BCUT2D eigenvalue weighted by Gasteiger charge is 2.46. The average Bonchev–Trinajstić information content (AvgIpc) is 3.23. The third-order valence-corrected chi connectivity index (χ3v) is 7.51. The van der Waals surface area contributed by atoms with E-state index in [1.165, 1.54) is 37.4 Å². The number of hydrogen-bond acceptors (Lipinski definition) is 6. The van der Waals surface area contributed by atoms with Crippen molar-refractivity contribution in [1.29, 1.82) is 0 Å². The van der Waals surface area contributed by atoms with Crippen LogP contribution in [-0.4, -0.2) is 44.5 Å². The number of ether oxygens (including phenoxy) is 2. The number of carbonyl (C=O) groups excluding carboxylic acids is 1. The van der Waals surface area contributed by atoms with Gasteiger partial charge in [0.05, 0.1) is 18.0 Å². The maximum Gasteiger partial charge on any atom is 0.324 e. The van der Waals surface area contributed by atoms with Crippen molar-refractivity contribution < 1.29 is 27.1 Å². The Labute approximate surface area is 159 Å². The number of carbonyl (C=O) groups is 1. The third kappa shape index (κ3) is 3.71. The van der Waals surface area contributed by atoms with E-state index in [4.69, 9.17) is 21.1 Å². The summed E-state index contributed by atoms with van der Waals surface area (Å²) in [5.74, 6) is -1.26. The zero-order valence-corrected chi connectivity index (χ0v) is 16.0. The minimum atomic E-state index is -3.96. The smallest absolute Gasteiger partial charge is 0.324 e. The highest BCUT2D eigenvalue weighted by atomic mass is 35.5. The molecule has 0 amide bonds. The monoisotopic (exact) mass is 419 g/mol. The minimum Gasteiger partial charge on any atom is -0.486 e. The van der Waals surface area contributed by atoms with E-state index in [0.29, 0.717) is 4.34 Å². The molecule has 1 aliphatic heterocycles. The van der Waals surface area contributed by atoms with Crippen molar-refractivity contribution >= 4 is 38.9 Å². The molecular formula is C16H15ClFNO5S2. The number of benzene rings is 1. The second-order valence-electron chi connectivity index (χ2n) is 5.58. The van der Waals surface area contributed by atoms with Gasteiger partial charge in [-0.3, -0.25) is 4.79 Å². The summed E-state index contributed by atoms with van der Waals surface area (Å²) in [6.07, 6.45) is -0.638. The molecule has 1 saturated heterocycles. The molecule has 0 saturated carbocycles. The third-order valence-electron chi connectivity index (χ3n) is 3.93. The van der Waals surface area contributed by atoms with Gasteiger partial charge in [0.2, 0.25) is 0 Å². The van der Waals surface area contributed by atoms with Crippen LogP contribution in [0, 0.1) is 5.82 Å². The molecule has 0 spiro atoms. The van der Waals surface area contributed by atoms with Crippen LogP contribution in [0.1, 0.15) is 6.42 Å². The number of nitrogens with zero attached hydrogens (tertiary/aromatic N) is 1. The lowest BCUT2D eigenvalue weighted by atomic mass is 10.2. The fraction of sp³-hybridized carbons (Fsp3) is 0.312. The highest BCUT2D eigenvalue weighted by Crippen LogP contribution is 2.34. The quantitative estimate of drug-likeness (QED) is 0.697. The molecule has 2 atom stereocenters. The number of rotatable bonds is 5. The fourth-order valence-corrected chi connectivity index (χ4v) is 5.97. The van der Waals surface area contributed by atoms with Crippen molar-refractivity contribution in [2.45, 2.75) is 22.8 Å². The number of hydrogen-bond donors (Lipinski definition) is 0. The molecule has 1 aliphatic rings. The van der Waals surface area contributed by atoms with Crippen LogP contribution in [0.5, 0.6) is 5.75 Å². The predicted octanol–water partition coefficient (Wildman–Crippen LogP) is 2.92. The molecule has 3 rings (SSSR count). The summed E-state index contributed by atoms with van der Waals surface area (Å²) < 4.78 is 51.2. The molecule has 2 heterocycles. The van der Waals surface area contributed by atoms with E-state index in [1.807, 2.05) is 0 Å². The first-order valence-corrected chi connectivity index (χ1v) is 10.2. The van der Waals surface area contributed by atoms with Crippen LogP contribution in [0.4, 0.5) is 4.39 Å². The summed E-state index contributed by atoms with van der Waals surface area (Å²) in [4.78, 5) is 12.1. The number of esters is 1. The van der Waals surface area contributed by atoms with Crippen LogP contribution in [0.2, 0.25) is 4.34 Å². The Morgan fingerprint density at radius 2 is 2.04 bits per heavy atom. The number of para-hydroxylation sites is 1. The van der Waals surface area contributed by atoms with Crippen LogP contribution >= 0.6 is 22.9 Å². The van der Waals surface area contributed by atoms with Gasteiger partial charge in [0.1, 0.15) is 16.4 Å². The van der Waals surface area contributed by atoms with Crippen molar-refractivity contribution in [3.05, 3.63) is 46.6 Å². The molecule has 0 aliphatic carbocycles. The van der Waals surface area contributed by atoms with E-state index in [0.717, 1.165) is 15.6 Å². The summed E-state index contributed by atoms with van der Waals surface area (Å²) in [6.45, 7) is -0.105. The second kappa shape index (κ2) is 7.51. The Hall–Kier alpha value is -1.68. The molecule has 140 valence electrons. The lowest BCUT2D eigenvalue weighted by Gasteiger charge is -2.20. The van der Waals surface area contributed by atoms with Crippen molar-refractivity contribution in [2.75, 3.05) is 13.7 Å². The maximum atomic E-state index is 13.8. The topological polar surface area (TPSA) is 72.9 Å². The van der Waals surface area contributed by atoms with Gasteiger partial charge in [-0.05, 0) is 24.3 Å². The maximum absolute atomic E-state index is 13.8. The number of halogens is 2. The molecule has 26 heavy (non-hydrogen) atoms. The number of sulfonamides is 1. The Balaban J connectivity index is 1.88. The van der Waals surface area contributed by atoms with E-state index in [9.17, 15) is 17.6 Å². The van der Waals surface area contributed by atoms with Gasteiger partial charge < -0.3 is 9.47 Å². The summed E-state index contributed by atoms with van der Waals surface area (Å²) >= 11 is 6.72. The van der Waals surface area contributed by atoms with Gasteiger partial charge in [-0.2, -0.15) is 4.31 Å². The predicted molar refractivity (Wildman–Crippen MR) is 94.5 cm³/mol. The van der Waals surface area contributed by atoms with Gasteiger partial charge in [-0.25, -0.2) is 12.8 Å². The molecule has 1 aromatic carbocycles. The van der Waals surface area contributed by atoms with Gasteiger partial charge >= 0.3 is 5.97 Å². The van der Waals surface area contributed by atoms with Gasteiger partial charge in [0.15, 0.2) is 11.6 Å². The summed E-state index contributed by atoms with van der Waals surface area (Å²) in [5, 5.41) is 0. The minimum absolute atomic E-state index is 0.000433. The van der Waals surface area contributed by atoms with E-state index >= 15 is 0 Å². The Bertz CT molecular complexity index is 917. The second-order valence-corrected chi connectivity index (χ2v) is 9.41. The molecule has 0 radical (unpaired) electrons. The zero-order chi connectivity index (χ0) is 18.9. The first-order chi connectivity index (χ1) is 12.3. The Kier molecular flexibility index (Phi) is 5.52. The van der Waals surface area contributed by atoms with Gasteiger partial charge in [-0.15, -0.1) is 11.3 Å². The van der Waals surface area contributed by atoms with Crippen molar-refractivity contribution in [1.82, 2.24) is 4.31 Å². The average molecular weight is 420 g/mol. The van der Waals surface area contributed by atoms with Crippen molar-refractivity contribution in [2.24, 2.45) is 0 Å². The summed E-state index contributed by atoms with van der Waals surface area (Å²) in [6, 6.07) is 7.60. The standard InChI is InChI=1S/C16H15ClFNO5S2/c1-23-16(20)12-8-10(24-13-5-3-2-4-11(13)18)9-19(12)26(21,22)15-7-6-14(17)25-15/h2-7,10,12H,8-9H2,1H3. The molecule has 1 fully saturated rings. The Morgan fingerprint density at radius 3 is 2.65 bits per heavy atom. The van der Waals surface area contributed by atoms with Crippen LogP contribution < -0.4 is 4.74 Å². The van der Waals surface area contributed by atoms with Crippen LogP contribution in [-0.2, 0) is 19.6 Å². The molecule has 0 N–H and O–H groups in total. The van der Waals surface area contributed by atoms with E-state index in [1.54, 1.807) is 6.07 Å². The molecule has 1 aromatic heterocycles. The summed E-state index contributed by atoms with van der Waals surface area (Å²) in [7, 11) is -2.78. The van der Waals surface area contributed by atoms with Gasteiger partial charge in [0.25, 0.3) is 10.0 Å². The molecule has 10 heteroatoms. The summed E-state index contributed by atoms with van der Waals surface area (Å²) in [5.41, 5.74) is 0. The SMILES string of the molecule is COC(=O)C1CC(Oc2ccccc2F)CN1S(=O)(=O)c1ccc(Cl)s1. The van der Waals surface area contributed by atoms with Crippen LogP contribution in [0.25, 0.3) is 0 Å². The first-order valence-electron chi connectivity index (χ1n) is 7.59. The van der Waals surface area contributed by atoms with Crippen molar-refractivity contribution in [3.8, 4) is 5.75 Å².